The van der Waals surface area contributed by atoms with E-state index >= 15 is 0 Å². The lowest BCUT2D eigenvalue weighted by atomic mass is 9.79. The van der Waals surface area contributed by atoms with Crippen LogP contribution < -0.4 is 5.32 Å². The molecule has 1 spiro atoms. The van der Waals surface area contributed by atoms with Crippen molar-refractivity contribution in [3.63, 3.8) is 0 Å². The summed E-state index contributed by atoms with van der Waals surface area (Å²) >= 11 is 0. The largest absolute Gasteiger partial charge is 0.348 e. The van der Waals surface area contributed by atoms with Crippen LogP contribution in [0.25, 0.3) is 0 Å². The number of carbonyl (C=O) groups is 1. The van der Waals surface area contributed by atoms with Crippen LogP contribution in [0, 0.1) is 29.1 Å². The summed E-state index contributed by atoms with van der Waals surface area (Å²) in [6.07, 6.45) is 7.52. The first-order valence-electron chi connectivity index (χ1n) is 8.68. The van der Waals surface area contributed by atoms with Gasteiger partial charge in [0.05, 0.1) is 19.3 Å². The van der Waals surface area contributed by atoms with Crippen molar-refractivity contribution in [2.75, 3.05) is 13.2 Å². The second-order valence-electron chi connectivity index (χ2n) is 7.43. The van der Waals surface area contributed by atoms with Gasteiger partial charge >= 0.3 is 0 Å². The van der Waals surface area contributed by atoms with E-state index in [9.17, 15) is 10.1 Å². The Morgan fingerprint density at radius 3 is 2.18 bits per heavy atom. The molecule has 1 saturated heterocycles. The molecule has 0 bridgehead atoms. The highest BCUT2D eigenvalue weighted by atomic mass is 16.7. The Morgan fingerprint density at radius 1 is 1.05 bits per heavy atom. The normalized spacial score (nSPS) is 38.0. The summed E-state index contributed by atoms with van der Waals surface area (Å²) in [5.41, 5.74) is -0.719. The van der Waals surface area contributed by atoms with Gasteiger partial charge in [-0.05, 0) is 37.5 Å². The van der Waals surface area contributed by atoms with Gasteiger partial charge in [-0.3, -0.25) is 4.79 Å². The average molecular weight is 304 g/mol. The molecular weight excluding hydrogens is 280 g/mol. The minimum atomic E-state index is -0.719. The Morgan fingerprint density at radius 2 is 1.64 bits per heavy atom. The second kappa shape index (κ2) is 5.21. The van der Waals surface area contributed by atoms with Crippen molar-refractivity contribution >= 4 is 5.91 Å². The van der Waals surface area contributed by atoms with Crippen LogP contribution in [-0.4, -0.2) is 30.4 Å². The number of nitriles is 1. The number of ether oxygens (including phenoxy) is 2. The predicted molar refractivity (Wildman–Crippen MR) is 78.5 cm³/mol. The van der Waals surface area contributed by atoms with Crippen LogP contribution in [0.2, 0.25) is 0 Å². The van der Waals surface area contributed by atoms with Crippen molar-refractivity contribution in [3.8, 4) is 6.07 Å². The first-order valence-corrected chi connectivity index (χ1v) is 8.68. The summed E-state index contributed by atoms with van der Waals surface area (Å²) in [4.78, 5) is 12.6. The van der Waals surface area contributed by atoms with E-state index in [1.54, 1.807) is 0 Å². The van der Waals surface area contributed by atoms with Gasteiger partial charge in [0, 0.05) is 18.8 Å². The van der Waals surface area contributed by atoms with Crippen molar-refractivity contribution in [1.82, 2.24) is 5.32 Å². The van der Waals surface area contributed by atoms with Gasteiger partial charge in [-0.1, -0.05) is 12.8 Å². The Balaban J connectivity index is 1.38. The van der Waals surface area contributed by atoms with Crippen molar-refractivity contribution in [2.45, 2.75) is 62.7 Å². The van der Waals surface area contributed by atoms with E-state index < -0.39 is 11.3 Å². The fraction of sp³-hybridized carbons (Fsp3) is 0.882. The molecule has 4 fully saturated rings. The zero-order valence-corrected chi connectivity index (χ0v) is 13.0. The average Bonchev–Trinajstić information content (AvgIpc) is 3.12. The van der Waals surface area contributed by atoms with E-state index in [0.29, 0.717) is 50.7 Å². The fourth-order valence-electron chi connectivity index (χ4n) is 4.81. The number of amides is 1. The van der Waals surface area contributed by atoms with Crippen LogP contribution in [0.4, 0.5) is 0 Å². The van der Waals surface area contributed by atoms with Gasteiger partial charge in [-0.15, -0.1) is 0 Å². The SMILES string of the molecule is N#CC1(NC(=O)C2[C@H]3CCCC[C@@H]23)CCC2(CC1)OCCO2. The number of hydrogen-bond acceptors (Lipinski definition) is 4. The summed E-state index contributed by atoms with van der Waals surface area (Å²) in [5, 5.41) is 12.7. The van der Waals surface area contributed by atoms with Crippen LogP contribution >= 0.6 is 0 Å². The van der Waals surface area contributed by atoms with E-state index in [-0.39, 0.29) is 11.8 Å². The summed E-state index contributed by atoms with van der Waals surface area (Å²) in [7, 11) is 0. The Hall–Kier alpha value is -1.12. The molecule has 0 aromatic rings. The molecule has 1 unspecified atom stereocenters. The molecule has 0 radical (unpaired) electrons. The maximum absolute atomic E-state index is 12.6. The monoisotopic (exact) mass is 304 g/mol. The molecule has 22 heavy (non-hydrogen) atoms. The highest BCUT2D eigenvalue weighted by Crippen LogP contribution is 2.55. The molecule has 3 atom stereocenters. The maximum atomic E-state index is 12.6. The zero-order chi connectivity index (χ0) is 15.2. The van der Waals surface area contributed by atoms with E-state index in [2.05, 4.69) is 11.4 Å². The molecular formula is C17H24N2O3. The van der Waals surface area contributed by atoms with Gasteiger partial charge in [0.2, 0.25) is 5.91 Å². The lowest BCUT2D eigenvalue weighted by molar-refractivity contribution is -0.183. The molecule has 1 aliphatic heterocycles. The summed E-state index contributed by atoms with van der Waals surface area (Å²) < 4.78 is 11.4. The number of nitrogens with zero attached hydrogens (tertiary/aromatic N) is 1. The van der Waals surface area contributed by atoms with Gasteiger partial charge in [-0.2, -0.15) is 5.26 Å². The molecule has 4 aliphatic rings. The molecule has 0 aromatic carbocycles. The number of fused-ring (bicyclic) bond motifs is 1. The maximum Gasteiger partial charge on any atom is 0.224 e. The van der Waals surface area contributed by atoms with Crippen molar-refractivity contribution in [1.29, 1.82) is 5.26 Å². The fourth-order valence-corrected chi connectivity index (χ4v) is 4.81. The van der Waals surface area contributed by atoms with Crippen molar-refractivity contribution in [2.24, 2.45) is 17.8 Å². The number of nitrogens with one attached hydrogen (secondary N) is 1. The Bertz CT molecular complexity index is 485. The third-order valence-electron chi connectivity index (χ3n) is 6.21. The molecule has 3 aliphatic carbocycles. The minimum Gasteiger partial charge on any atom is -0.348 e. The lowest BCUT2D eigenvalue weighted by Crippen LogP contribution is -2.53. The smallest absolute Gasteiger partial charge is 0.224 e. The van der Waals surface area contributed by atoms with Crippen LogP contribution in [0.15, 0.2) is 0 Å². The highest BCUT2D eigenvalue weighted by Gasteiger charge is 2.56. The molecule has 1 heterocycles. The summed E-state index contributed by atoms with van der Waals surface area (Å²) in [6.45, 7) is 1.27. The van der Waals surface area contributed by atoms with Gasteiger partial charge in [-0.25, -0.2) is 0 Å². The summed E-state index contributed by atoms with van der Waals surface area (Å²) in [6, 6.07) is 2.38. The molecule has 5 nitrogen and oxygen atoms in total. The van der Waals surface area contributed by atoms with Gasteiger partial charge < -0.3 is 14.8 Å². The van der Waals surface area contributed by atoms with E-state index in [1.165, 1.54) is 25.7 Å². The zero-order valence-electron chi connectivity index (χ0n) is 13.0. The quantitative estimate of drug-likeness (QED) is 0.848. The molecule has 1 amide bonds. The van der Waals surface area contributed by atoms with Crippen LogP contribution in [-0.2, 0) is 14.3 Å². The first-order chi connectivity index (χ1) is 10.7. The van der Waals surface area contributed by atoms with Gasteiger partial charge in [0.1, 0.15) is 5.54 Å². The second-order valence-corrected chi connectivity index (χ2v) is 7.43. The molecule has 3 saturated carbocycles. The topological polar surface area (TPSA) is 71.4 Å². The van der Waals surface area contributed by atoms with E-state index in [0.717, 1.165) is 0 Å². The van der Waals surface area contributed by atoms with E-state index in [1.807, 2.05) is 0 Å². The number of rotatable bonds is 2. The first kappa shape index (κ1) is 14.5. The van der Waals surface area contributed by atoms with Crippen molar-refractivity contribution < 1.29 is 14.3 Å². The minimum absolute atomic E-state index is 0.114. The van der Waals surface area contributed by atoms with Crippen molar-refractivity contribution in [3.05, 3.63) is 0 Å². The Kier molecular flexibility index (Phi) is 3.43. The van der Waals surface area contributed by atoms with E-state index in [4.69, 9.17) is 9.47 Å². The number of hydrogen-bond donors (Lipinski definition) is 1. The van der Waals surface area contributed by atoms with Crippen LogP contribution in [0.1, 0.15) is 51.4 Å². The van der Waals surface area contributed by atoms with Gasteiger partial charge in [0.25, 0.3) is 0 Å². The van der Waals surface area contributed by atoms with Gasteiger partial charge in [0.15, 0.2) is 5.79 Å². The molecule has 0 aromatic heterocycles. The highest BCUT2D eigenvalue weighted by molar-refractivity contribution is 5.83. The predicted octanol–water partition coefficient (Wildman–Crippen LogP) is 2.12. The lowest BCUT2D eigenvalue weighted by Gasteiger charge is -2.40. The molecule has 120 valence electrons. The third kappa shape index (κ3) is 2.33. The third-order valence-corrected chi connectivity index (χ3v) is 6.21. The molecule has 4 rings (SSSR count). The van der Waals surface area contributed by atoms with Crippen LogP contribution in [0.3, 0.4) is 0 Å². The summed E-state index contributed by atoms with van der Waals surface area (Å²) in [5.74, 6) is 0.964. The Labute approximate surface area is 131 Å². The van der Waals surface area contributed by atoms with Crippen LogP contribution in [0.5, 0.6) is 0 Å². The standard InChI is InChI=1S/C17H24N2O3/c18-11-16(5-7-17(8-6-16)21-9-10-22-17)19-15(20)14-12-3-1-2-4-13(12)14/h12-14H,1-10H2,(H,19,20)/t12-,13+,14?. The number of carbonyl (C=O) groups excluding carboxylic acids is 1. The molecule has 5 heteroatoms. The molecule has 1 N–H and O–H groups in total.